The Kier molecular flexibility index (Phi) is 13.4. The van der Waals surface area contributed by atoms with E-state index in [-0.39, 0.29) is 47.3 Å². The first-order valence-electron chi connectivity index (χ1n) is 16.6. The fourth-order valence-corrected chi connectivity index (χ4v) is 6.32. The summed E-state index contributed by atoms with van der Waals surface area (Å²) in [6, 6.07) is 29.1. The predicted molar refractivity (Wildman–Crippen MR) is 186 cm³/mol. The molecule has 3 rings (SSSR count). The summed E-state index contributed by atoms with van der Waals surface area (Å²) >= 11 is 0. The number of Topliss-reactive ketones (excluding diaryl/α,β-unsaturated/α-hetero) is 1. The lowest BCUT2D eigenvalue weighted by molar-refractivity contribution is -0.156. The van der Waals surface area contributed by atoms with Crippen molar-refractivity contribution in [3.05, 3.63) is 96.1 Å². The fraction of sp³-hybridized carbons (Fsp3) is 0.488. The van der Waals surface area contributed by atoms with Gasteiger partial charge in [0.15, 0.2) is 0 Å². The first-order chi connectivity index (χ1) is 21.6. The van der Waals surface area contributed by atoms with Crippen molar-refractivity contribution < 1.29 is 23.9 Å². The zero-order valence-electron chi connectivity index (χ0n) is 29.2. The molecular weight excluding hydrogens is 572 g/mol. The van der Waals surface area contributed by atoms with E-state index in [0.29, 0.717) is 12.8 Å². The molecule has 0 fully saturated rings. The molecule has 248 valence electrons. The summed E-state index contributed by atoms with van der Waals surface area (Å²) in [5.74, 6) is -0.704. The van der Waals surface area contributed by atoms with Crippen molar-refractivity contribution in [2.24, 2.45) is 29.1 Å². The molecule has 3 aromatic carbocycles. The Labute approximate surface area is 277 Å². The van der Waals surface area contributed by atoms with E-state index in [9.17, 15) is 14.4 Å². The lowest BCUT2D eigenvalue weighted by Gasteiger charge is -2.32. The molecule has 0 aromatic heterocycles. The summed E-state index contributed by atoms with van der Waals surface area (Å²) in [5, 5.41) is 0. The van der Waals surface area contributed by atoms with Gasteiger partial charge in [-0.05, 0) is 85.5 Å². The highest BCUT2D eigenvalue weighted by Crippen LogP contribution is 2.36. The van der Waals surface area contributed by atoms with Gasteiger partial charge in [0.25, 0.3) is 0 Å². The summed E-state index contributed by atoms with van der Waals surface area (Å²) in [4.78, 5) is 39.4. The Bertz CT molecular complexity index is 1380. The number of hydrogen-bond acceptors (Lipinski definition) is 5. The molecule has 0 radical (unpaired) electrons. The van der Waals surface area contributed by atoms with Crippen LogP contribution < -0.4 is 0 Å². The maximum absolute atomic E-state index is 14.0. The average Bonchev–Trinajstić information content (AvgIpc) is 2.99. The highest BCUT2D eigenvalue weighted by molar-refractivity contribution is 5.86. The van der Waals surface area contributed by atoms with E-state index >= 15 is 0 Å². The highest BCUT2D eigenvalue weighted by Gasteiger charge is 2.35. The van der Waals surface area contributed by atoms with Crippen LogP contribution in [0.15, 0.2) is 84.9 Å². The van der Waals surface area contributed by atoms with Crippen molar-refractivity contribution >= 4 is 17.7 Å². The Morgan fingerprint density at radius 2 is 1.20 bits per heavy atom. The number of rotatable bonds is 15. The molecule has 0 bridgehead atoms. The quantitative estimate of drug-likeness (QED) is 0.157. The normalized spacial score (nSPS) is 14.5. The van der Waals surface area contributed by atoms with Crippen LogP contribution in [0.2, 0.25) is 0 Å². The highest BCUT2D eigenvalue weighted by atomic mass is 16.6. The van der Waals surface area contributed by atoms with E-state index in [4.69, 9.17) is 9.47 Å². The molecule has 3 aromatic rings. The number of methoxy groups -OCH3 is 1. The van der Waals surface area contributed by atoms with Crippen molar-refractivity contribution in [1.29, 1.82) is 0 Å². The Morgan fingerprint density at radius 3 is 1.74 bits per heavy atom. The molecule has 46 heavy (non-hydrogen) atoms. The van der Waals surface area contributed by atoms with Crippen LogP contribution in [0.3, 0.4) is 0 Å². The van der Waals surface area contributed by atoms with Gasteiger partial charge >= 0.3 is 11.9 Å². The van der Waals surface area contributed by atoms with Crippen LogP contribution in [0.25, 0.3) is 11.1 Å². The predicted octanol–water partition coefficient (Wildman–Crippen LogP) is 9.31. The van der Waals surface area contributed by atoms with Gasteiger partial charge in [-0.25, -0.2) is 0 Å². The van der Waals surface area contributed by atoms with Crippen LogP contribution in [0.4, 0.5) is 0 Å². The Morgan fingerprint density at radius 1 is 0.652 bits per heavy atom. The number of benzene rings is 3. The minimum atomic E-state index is -0.555. The minimum Gasteiger partial charge on any atom is -0.469 e. The SMILES string of the molecule is COC(=O)CC(C(=O)CC(Cc1ccc(-c2ccccc2)cc1)CC(C)C(CC(=O)OC(C)(C)C)Cc1ccccc1)C(C)(C)C. The summed E-state index contributed by atoms with van der Waals surface area (Å²) in [5.41, 5.74) is 3.72. The maximum Gasteiger partial charge on any atom is 0.306 e. The first-order valence-corrected chi connectivity index (χ1v) is 16.6. The van der Waals surface area contributed by atoms with E-state index in [1.165, 1.54) is 12.7 Å². The molecule has 0 aliphatic carbocycles. The summed E-state index contributed by atoms with van der Waals surface area (Å²) in [6.07, 6.45) is 2.98. The first kappa shape index (κ1) is 36.7. The standard InChI is InChI=1S/C41H54O5/c1-29(35(25-30-15-11-9-12-16-30)27-39(44)46-41(5,6)7)23-32(26-37(42)36(40(2,3)4)28-38(43)45-8)24-31-19-21-34(22-20-31)33-17-13-10-14-18-33/h9-22,29,32,35-36H,23-28H2,1-8H3. The van der Waals surface area contributed by atoms with Crippen molar-refractivity contribution in [1.82, 2.24) is 0 Å². The van der Waals surface area contributed by atoms with Crippen LogP contribution >= 0.6 is 0 Å². The van der Waals surface area contributed by atoms with Gasteiger partial charge in [-0.2, -0.15) is 0 Å². The van der Waals surface area contributed by atoms with Crippen LogP contribution in [0.1, 0.15) is 85.3 Å². The second-order valence-corrected chi connectivity index (χ2v) is 15.0. The maximum atomic E-state index is 14.0. The van der Waals surface area contributed by atoms with Crippen molar-refractivity contribution in [3.63, 3.8) is 0 Å². The second kappa shape index (κ2) is 16.7. The zero-order valence-corrected chi connectivity index (χ0v) is 29.2. The lowest BCUT2D eigenvalue weighted by Crippen LogP contribution is -2.33. The van der Waals surface area contributed by atoms with Gasteiger partial charge < -0.3 is 9.47 Å². The van der Waals surface area contributed by atoms with E-state index in [0.717, 1.165) is 36.0 Å². The van der Waals surface area contributed by atoms with Crippen LogP contribution in [0.5, 0.6) is 0 Å². The van der Waals surface area contributed by atoms with E-state index < -0.39 is 11.5 Å². The minimum absolute atomic E-state index is 0.0319. The molecule has 0 saturated heterocycles. The third kappa shape index (κ3) is 12.2. The smallest absolute Gasteiger partial charge is 0.306 e. The molecule has 0 spiro atoms. The van der Waals surface area contributed by atoms with Gasteiger partial charge in [0, 0.05) is 18.8 Å². The van der Waals surface area contributed by atoms with Crippen molar-refractivity contribution in [2.75, 3.05) is 7.11 Å². The average molecular weight is 627 g/mol. The number of hydrogen-bond donors (Lipinski definition) is 0. The van der Waals surface area contributed by atoms with Gasteiger partial charge in [0.2, 0.25) is 0 Å². The van der Waals surface area contributed by atoms with Crippen LogP contribution in [0, 0.1) is 29.1 Å². The molecule has 0 saturated carbocycles. The summed E-state index contributed by atoms with van der Waals surface area (Å²) in [6.45, 7) is 13.9. The lowest BCUT2D eigenvalue weighted by atomic mass is 9.72. The molecule has 4 unspecified atom stereocenters. The van der Waals surface area contributed by atoms with E-state index in [2.05, 4.69) is 55.5 Å². The molecule has 0 amide bonds. The number of esters is 2. The van der Waals surface area contributed by atoms with Gasteiger partial charge in [-0.15, -0.1) is 0 Å². The van der Waals surface area contributed by atoms with Crippen LogP contribution in [-0.2, 0) is 36.7 Å². The molecule has 0 aliphatic rings. The van der Waals surface area contributed by atoms with Gasteiger partial charge in [0.05, 0.1) is 13.5 Å². The third-order valence-electron chi connectivity index (χ3n) is 8.81. The number of carbonyl (C=O) groups is 3. The summed E-state index contributed by atoms with van der Waals surface area (Å²) < 4.78 is 10.7. The fourth-order valence-electron chi connectivity index (χ4n) is 6.32. The summed E-state index contributed by atoms with van der Waals surface area (Å²) in [7, 11) is 1.37. The van der Waals surface area contributed by atoms with Gasteiger partial charge in [0.1, 0.15) is 11.4 Å². The molecule has 4 atom stereocenters. The molecule has 0 aliphatic heterocycles. The molecule has 0 heterocycles. The second-order valence-electron chi connectivity index (χ2n) is 15.0. The third-order valence-corrected chi connectivity index (χ3v) is 8.81. The molecule has 0 N–H and O–H groups in total. The molecule has 5 nitrogen and oxygen atoms in total. The topological polar surface area (TPSA) is 69.7 Å². The zero-order chi connectivity index (χ0) is 33.9. The monoisotopic (exact) mass is 626 g/mol. The Balaban J connectivity index is 1.89. The number of ketones is 1. The molecular formula is C41H54O5. The van der Waals surface area contributed by atoms with E-state index in [1.54, 1.807) is 0 Å². The van der Waals surface area contributed by atoms with E-state index in [1.807, 2.05) is 77.9 Å². The molecule has 5 heteroatoms. The number of ether oxygens (including phenoxy) is 2. The largest absolute Gasteiger partial charge is 0.469 e. The number of carbonyl (C=O) groups excluding carboxylic acids is 3. The van der Waals surface area contributed by atoms with Gasteiger partial charge in [-0.1, -0.05) is 113 Å². The van der Waals surface area contributed by atoms with Gasteiger partial charge in [-0.3, -0.25) is 14.4 Å². The van der Waals surface area contributed by atoms with Crippen LogP contribution in [-0.4, -0.2) is 30.4 Å². The van der Waals surface area contributed by atoms with Crippen molar-refractivity contribution in [2.45, 2.75) is 92.6 Å². The van der Waals surface area contributed by atoms with Crippen molar-refractivity contribution in [3.8, 4) is 11.1 Å². The Hall–Kier alpha value is -3.73.